The predicted octanol–water partition coefficient (Wildman–Crippen LogP) is 2.63. The minimum absolute atomic E-state index is 0.308. The number of nitrogens with one attached hydrogen (secondary N) is 1. The zero-order valence-corrected chi connectivity index (χ0v) is 13.6. The Bertz CT molecular complexity index is 395. The maximum absolute atomic E-state index is 5.71. The summed E-state index contributed by atoms with van der Waals surface area (Å²) < 4.78 is 7.90. The monoisotopic (exact) mass is 376 g/mol. The van der Waals surface area contributed by atoms with Crippen LogP contribution in [0.1, 0.15) is 5.56 Å². The highest BCUT2D eigenvalue weighted by Gasteiger charge is 2.15. The van der Waals surface area contributed by atoms with Gasteiger partial charge in [0.1, 0.15) is 0 Å². The molecule has 1 fully saturated rings. The second kappa shape index (κ2) is 7.01. The van der Waals surface area contributed by atoms with Crippen LogP contribution in [0.15, 0.2) is 27.1 Å². The van der Waals surface area contributed by atoms with Crippen LogP contribution in [0.2, 0.25) is 0 Å². The van der Waals surface area contributed by atoms with Crippen molar-refractivity contribution in [1.29, 1.82) is 0 Å². The molecule has 1 aliphatic rings. The maximum atomic E-state index is 5.71. The summed E-state index contributed by atoms with van der Waals surface area (Å²) in [5.74, 6) is 0. The highest BCUT2D eigenvalue weighted by molar-refractivity contribution is 9.13. The van der Waals surface area contributed by atoms with E-state index in [-0.39, 0.29) is 0 Å². The van der Waals surface area contributed by atoms with Gasteiger partial charge in [0.05, 0.1) is 12.7 Å². The SMILES string of the molecule is CN(Cc1ccc(Br)c(Br)c1)CC1CNCCO1. The molecule has 1 aromatic rings. The molecule has 0 amide bonds. The molecular formula is C13H18Br2N2O. The van der Waals surface area contributed by atoms with Crippen LogP contribution in [0.25, 0.3) is 0 Å². The number of hydrogen-bond acceptors (Lipinski definition) is 3. The van der Waals surface area contributed by atoms with E-state index >= 15 is 0 Å². The average Bonchev–Trinajstić information content (AvgIpc) is 2.35. The highest BCUT2D eigenvalue weighted by atomic mass is 79.9. The summed E-state index contributed by atoms with van der Waals surface area (Å²) in [7, 11) is 2.13. The van der Waals surface area contributed by atoms with Crippen LogP contribution >= 0.6 is 31.9 Å². The molecule has 1 N–H and O–H groups in total. The van der Waals surface area contributed by atoms with Gasteiger partial charge in [0.2, 0.25) is 0 Å². The largest absolute Gasteiger partial charge is 0.374 e. The van der Waals surface area contributed by atoms with Gasteiger partial charge in [0.25, 0.3) is 0 Å². The van der Waals surface area contributed by atoms with Crippen LogP contribution in [-0.4, -0.2) is 44.3 Å². The molecule has 1 saturated heterocycles. The molecule has 0 saturated carbocycles. The van der Waals surface area contributed by atoms with E-state index in [9.17, 15) is 0 Å². The van der Waals surface area contributed by atoms with E-state index in [2.05, 4.69) is 67.3 Å². The normalized spacial score (nSPS) is 20.3. The fourth-order valence-electron chi connectivity index (χ4n) is 2.10. The van der Waals surface area contributed by atoms with E-state index < -0.39 is 0 Å². The van der Waals surface area contributed by atoms with Crippen molar-refractivity contribution in [1.82, 2.24) is 10.2 Å². The van der Waals surface area contributed by atoms with Crippen molar-refractivity contribution >= 4 is 31.9 Å². The van der Waals surface area contributed by atoms with Crippen molar-refractivity contribution in [3.8, 4) is 0 Å². The van der Waals surface area contributed by atoms with E-state index in [1.165, 1.54) is 5.56 Å². The van der Waals surface area contributed by atoms with Crippen LogP contribution in [0.3, 0.4) is 0 Å². The summed E-state index contributed by atoms with van der Waals surface area (Å²) in [6.07, 6.45) is 0.308. The summed E-state index contributed by atoms with van der Waals surface area (Å²) >= 11 is 7.02. The molecule has 1 unspecified atom stereocenters. The van der Waals surface area contributed by atoms with Crippen LogP contribution in [0.4, 0.5) is 0 Å². The quantitative estimate of drug-likeness (QED) is 0.872. The van der Waals surface area contributed by atoms with Gasteiger partial charge in [-0.25, -0.2) is 0 Å². The maximum Gasteiger partial charge on any atom is 0.0826 e. The summed E-state index contributed by atoms with van der Waals surface area (Å²) in [6, 6.07) is 6.37. The number of morpholine rings is 1. The van der Waals surface area contributed by atoms with Gasteiger partial charge >= 0.3 is 0 Å². The Balaban J connectivity index is 1.85. The lowest BCUT2D eigenvalue weighted by Gasteiger charge is -2.28. The first-order valence-electron chi connectivity index (χ1n) is 6.10. The van der Waals surface area contributed by atoms with Crippen molar-refractivity contribution in [2.45, 2.75) is 12.6 Å². The predicted molar refractivity (Wildman–Crippen MR) is 80.8 cm³/mol. The lowest BCUT2D eigenvalue weighted by atomic mass is 10.2. The van der Waals surface area contributed by atoms with Gasteiger partial charge in [-0.2, -0.15) is 0 Å². The van der Waals surface area contributed by atoms with Gasteiger partial charge in [0, 0.05) is 35.1 Å². The Hall–Kier alpha value is 0.0600. The molecule has 1 aromatic carbocycles. The highest BCUT2D eigenvalue weighted by Crippen LogP contribution is 2.24. The molecule has 18 heavy (non-hydrogen) atoms. The lowest BCUT2D eigenvalue weighted by molar-refractivity contribution is 0.00884. The van der Waals surface area contributed by atoms with E-state index in [1.807, 2.05) is 0 Å². The number of benzene rings is 1. The molecule has 3 nitrogen and oxygen atoms in total. The molecule has 100 valence electrons. The first-order chi connectivity index (χ1) is 8.65. The van der Waals surface area contributed by atoms with Crippen molar-refractivity contribution < 1.29 is 4.74 Å². The van der Waals surface area contributed by atoms with Crippen LogP contribution in [0, 0.1) is 0 Å². The fraction of sp³-hybridized carbons (Fsp3) is 0.538. The first-order valence-corrected chi connectivity index (χ1v) is 7.68. The summed E-state index contributed by atoms with van der Waals surface area (Å²) in [4.78, 5) is 2.30. The average molecular weight is 378 g/mol. The third-order valence-electron chi connectivity index (χ3n) is 2.96. The molecule has 1 aliphatic heterocycles. The standard InChI is InChI=1S/C13H18Br2N2O/c1-17(9-11-7-16-4-5-18-11)8-10-2-3-12(14)13(15)6-10/h2-3,6,11,16H,4-5,7-9H2,1H3. The van der Waals surface area contributed by atoms with Crippen LogP contribution < -0.4 is 5.32 Å². The Morgan fingerprint density at radius 2 is 2.22 bits per heavy atom. The van der Waals surface area contributed by atoms with Crippen molar-refractivity contribution in [2.75, 3.05) is 33.3 Å². The zero-order valence-electron chi connectivity index (χ0n) is 10.5. The topological polar surface area (TPSA) is 24.5 Å². The molecule has 2 rings (SSSR count). The Kier molecular flexibility index (Phi) is 5.63. The van der Waals surface area contributed by atoms with Gasteiger partial charge in [-0.1, -0.05) is 6.07 Å². The molecule has 1 atom stereocenters. The molecule has 0 spiro atoms. The minimum atomic E-state index is 0.308. The summed E-state index contributed by atoms with van der Waals surface area (Å²) in [5, 5.41) is 3.36. The molecule has 0 aliphatic carbocycles. The number of likely N-dealkylation sites (N-methyl/N-ethyl adjacent to an activating group) is 1. The van der Waals surface area contributed by atoms with Gasteiger partial charge in [0.15, 0.2) is 0 Å². The minimum Gasteiger partial charge on any atom is -0.374 e. The number of nitrogens with zero attached hydrogens (tertiary/aromatic N) is 1. The molecular weight excluding hydrogens is 360 g/mol. The zero-order chi connectivity index (χ0) is 13.0. The smallest absolute Gasteiger partial charge is 0.0826 e. The number of ether oxygens (including phenoxy) is 1. The molecule has 0 radical (unpaired) electrons. The second-order valence-corrected chi connectivity index (χ2v) is 6.35. The van der Waals surface area contributed by atoms with Gasteiger partial charge < -0.3 is 10.1 Å². The van der Waals surface area contributed by atoms with Crippen molar-refractivity contribution in [3.63, 3.8) is 0 Å². The molecule has 5 heteroatoms. The van der Waals surface area contributed by atoms with Crippen molar-refractivity contribution in [2.24, 2.45) is 0 Å². The molecule has 0 aromatic heterocycles. The van der Waals surface area contributed by atoms with Gasteiger partial charge in [-0.15, -0.1) is 0 Å². The van der Waals surface area contributed by atoms with Crippen LogP contribution in [-0.2, 0) is 11.3 Å². The Morgan fingerprint density at radius 1 is 1.39 bits per heavy atom. The number of halogens is 2. The van der Waals surface area contributed by atoms with Gasteiger partial charge in [-0.3, -0.25) is 4.90 Å². The Morgan fingerprint density at radius 3 is 2.89 bits per heavy atom. The van der Waals surface area contributed by atoms with E-state index in [4.69, 9.17) is 4.74 Å². The fourth-order valence-corrected chi connectivity index (χ4v) is 2.77. The van der Waals surface area contributed by atoms with Gasteiger partial charge in [-0.05, 0) is 56.6 Å². The van der Waals surface area contributed by atoms with Crippen LogP contribution in [0.5, 0.6) is 0 Å². The van der Waals surface area contributed by atoms with Crippen molar-refractivity contribution in [3.05, 3.63) is 32.7 Å². The first kappa shape index (κ1) is 14.5. The lowest BCUT2D eigenvalue weighted by Crippen LogP contribution is -2.44. The third kappa shape index (κ3) is 4.31. The number of hydrogen-bond donors (Lipinski definition) is 1. The summed E-state index contributed by atoms with van der Waals surface area (Å²) in [5.41, 5.74) is 1.30. The molecule has 0 bridgehead atoms. The Labute approximate surface area is 125 Å². The van der Waals surface area contributed by atoms with E-state index in [0.29, 0.717) is 6.10 Å². The second-order valence-electron chi connectivity index (χ2n) is 4.64. The third-order valence-corrected chi connectivity index (χ3v) is 4.84. The molecule has 1 heterocycles. The van der Waals surface area contributed by atoms with E-state index in [0.717, 1.165) is 41.7 Å². The van der Waals surface area contributed by atoms with E-state index in [1.54, 1.807) is 0 Å². The summed E-state index contributed by atoms with van der Waals surface area (Å²) in [6.45, 7) is 4.64. The number of rotatable bonds is 4.